The molecule has 2 N–H and O–H groups in total. The van der Waals surface area contributed by atoms with Crippen molar-refractivity contribution in [2.45, 2.75) is 46.6 Å². The van der Waals surface area contributed by atoms with E-state index in [2.05, 4.69) is 5.32 Å². The summed E-state index contributed by atoms with van der Waals surface area (Å²) in [4.78, 5) is 36.6. The fourth-order valence-electron chi connectivity index (χ4n) is 2.62. The predicted molar refractivity (Wildman–Crippen MR) is 78.5 cm³/mol. The van der Waals surface area contributed by atoms with Crippen LogP contribution in [-0.4, -0.2) is 46.9 Å². The van der Waals surface area contributed by atoms with Crippen LogP contribution in [0.3, 0.4) is 0 Å². The van der Waals surface area contributed by atoms with Gasteiger partial charge in [-0.05, 0) is 12.3 Å². The average molecular weight is 298 g/mol. The lowest BCUT2D eigenvalue weighted by atomic mass is 9.90. The monoisotopic (exact) mass is 298 g/mol. The van der Waals surface area contributed by atoms with Crippen LogP contribution in [0, 0.1) is 17.8 Å². The Bertz CT molecular complexity index is 406. The van der Waals surface area contributed by atoms with E-state index in [0.29, 0.717) is 19.5 Å². The van der Waals surface area contributed by atoms with Gasteiger partial charge in [0.25, 0.3) is 0 Å². The lowest BCUT2D eigenvalue weighted by Gasteiger charge is -2.38. The molecule has 0 radical (unpaired) electrons. The van der Waals surface area contributed by atoms with Crippen LogP contribution in [0.5, 0.6) is 0 Å². The van der Waals surface area contributed by atoms with E-state index < -0.39 is 5.97 Å². The molecule has 2 amide bonds. The Hall–Kier alpha value is -1.59. The van der Waals surface area contributed by atoms with Crippen LogP contribution in [0.4, 0.5) is 0 Å². The fraction of sp³-hybridized carbons (Fsp3) is 0.800. The van der Waals surface area contributed by atoms with Gasteiger partial charge in [-0.3, -0.25) is 14.4 Å². The van der Waals surface area contributed by atoms with Crippen molar-refractivity contribution in [1.29, 1.82) is 0 Å². The lowest BCUT2D eigenvalue weighted by molar-refractivity contribution is -0.142. The molecule has 0 bridgehead atoms. The molecule has 2 unspecified atom stereocenters. The molecule has 2 atom stereocenters. The Morgan fingerprint density at radius 3 is 2.24 bits per heavy atom. The molecule has 0 saturated carbocycles. The number of hydrogen-bond acceptors (Lipinski definition) is 3. The predicted octanol–water partition coefficient (Wildman–Crippen LogP) is 1.11. The van der Waals surface area contributed by atoms with Gasteiger partial charge in [-0.15, -0.1) is 0 Å². The molecule has 1 aliphatic rings. The van der Waals surface area contributed by atoms with Crippen molar-refractivity contribution < 1.29 is 19.5 Å². The van der Waals surface area contributed by atoms with Crippen LogP contribution in [0.15, 0.2) is 0 Å². The van der Waals surface area contributed by atoms with Gasteiger partial charge < -0.3 is 15.3 Å². The zero-order valence-corrected chi connectivity index (χ0v) is 13.3. The number of carboxylic acids is 1. The van der Waals surface area contributed by atoms with Crippen LogP contribution < -0.4 is 5.32 Å². The number of likely N-dealkylation sites (tertiary alicyclic amines) is 1. The molecule has 0 aliphatic carbocycles. The molecule has 21 heavy (non-hydrogen) atoms. The van der Waals surface area contributed by atoms with E-state index in [0.717, 1.165) is 0 Å². The second-order valence-electron chi connectivity index (χ2n) is 6.46. The van der Waals surface area contributed by atoms with E-state index in [9.17, 15) is 14.4 Å². The maximum atomic E-state index is 12.2. The van der Waals surface area contributed by atoms with Gasteiger partial charge in [0, 0.05) is 37.4 Å². The molecule has 120 valence electrons. The molecular formula is C15H26N2O4. The Kier molecular flexibility index (Phi) is 6.18. The third-order valence-corrected chi connectivity index (χ3v) is 3.68. The topological polar surface area (TPSA) is 86.7 Å². The quantitative estimate of drug-likeness (QED) is 0.796. The fourth-order valence-corrected chi connectivity index (χ4v) is 2.62. The average Bonchev–Trinajstić information content (AvgIpc) is 2.36. The van der Waals surface area contributed by atoms with Crippen molar-refractivity contribution in [3.8, 4) is 0 Å². The summed E-state index contributed by atoms with van der Waals surface area (Å²) >= 11 is 0. The molecule has 1 fully saturated rings. The number of hydrogen-bond donors (Lipinski definition) is 2. The van der Waals surface area contributed by atoms with E-state index in [-0.39, 0.29) is 42.0 Å². The minimum Gasteiger partial charge on any atom is -0.481 e. The van der Waals surface area contributed by atoms with Crippen molar-refractivity contribution in [1.82, 2.24) is 10.2 Å². The zero-order chi connectivity index (χ0) is 16.2. The van der Waals surface area contributed by atoms with E-state index in [4.69, 9.17) is 5.11 Å². The van der Waals surface area contributed by atoms with Crippen molar-refractivity contribution in [2.75, 3.05) is 13.1 Å². The van der Waals surface area contributed by atoms with Gasteiger partial charge in [0.05, 0.1) is 0 Å². The Morgan fingerprint density at radius 2 is 1.76 bits per heavy atom. The summed E-state index contributed by atoms with van der Waals surface area (Å²) < 4.78 is 0. The van der Waals surface area contributed by atoms with Crippen LogP contribution >= 0.6 is 0 Å². The van der Waals surface area contributed by atoms with Crippen molar-refractivity contribution >= 4 is 17.8 Å². The van der Waals surface area contributed by atoms with Crippen molar-refractivity contribution in [3.05, 3.63) is 0 Å². The Labute approximate surface area is 125 Å². The highest BCUT2D eigenvalue weighted by molar-refractivity contribution is 5.80. The molecular weight excluding hydrogens is 272 g/mol. The first-order valence-corrected chi connectivity index (χ1v) is 7.51. The minimum atomic E-state index is -0.868. The second kappa shape index (κ2) is 7.43. The van der Waals surface area contributed by atoms with E-state index in [1.165, 1.54) is 0 Å². The molecule has 1 rings (SSSR count). The molecule has 6 nitrogen and oxygen atoms in total. The zero-order valence-electron chi connectivity index (χ0n) is 13.3. The van der Waals surface area contributed by atoms with Crippen molar-refractivity contribution in [3.63, 3.8) is 0 Å². The van der Waals surface area contributed by atoms with E-state index >= 15 is 0 Å². The summed E-state index contributed by atoms with van der Waals surface area (Å²) in [5.41, 5.74) is 0. The van der Waals surface area contributed by atoms with Gasteiger partial charge in [-0.1, -0.05) is 27.7 Å². The molecule has 1 aliphatic heterocycles. The molecule has 6 heteroatoms. The third kappa shape index (κ3) is 5.36. The Balaban J connectivity index is 2.76. The molecule has 1 heterocycles. The van der Waals surface area contributed by atoms with Crippen LogP contribution in [0.1, 0.15) is 40.5 Å². The number of piperidine rings is 1. The number of nitrogens with one attached hydrogen (secondary N) is 1. The number of carbonyl (C=O) groups excluding carboxylic acids is 2. The number of carbonyl (C=O) groups is 3. The van der Waals surface area contributed by atoms with Crippen LogP contribution in [0.2, 0.25) is 0 Å². The highest BCUT2D eigenvalue weighted by Crippen LogP contribution is 2.22. The van der Waals surface area contributed by atoms with Gasteiger partial charge in [-0.25, -0.2) is 0 Å². The molecule has 1 saturated heterocycles. The maximum Gasteiger partial charge on any atom is 0.303 e. The minimum absolute atomic E-state index is 0.00823. The SMILES string of the molecule is CC(C)C(=O)NC1CC(CC(=O)O)CN(C(=O)C(C)C)C1. The first kappa shape index (κ1) is 17.5. The van der Waals surface area contributed by atoms with Crippen LogP contribution in [-0.2, 0) is 14.4 Å². The number of nitrogens with zero attached hydrogens (tertiary/aromatic N) is 1. The summed E-state index contributed by atoms with van der Waals surface area (Å²) in [5.74, 6) is -1.29. The molecule has 0 aromatic heterocycles. The van der Waals surface area contributed by atoms with Crippen LogP contribution in [0.25, 0.3) is 0 Å². The number of aliphatic carboxylic acids is 1. The highest BCUT2D eigenvalue weighted by atomic mass is 16.4. The second-order valence-corrected chi connectivity index (χ2v) is 6.46. The van der Waals surface area contributed by atoms with E-state index in [1.807, 2.05) is 27.7 Å². The van der Waals surface area contributed by atoms with Gasteiger partial charge in [-0.2, -0.15) is 0 Å². The maximum absolute atomic E-state index is 12.2. The van der Waals surface area contributed by atoms with Gasteiger partial charge in [0.15, 0.2) is 0 Å². The standard InChI is InChI=1S/C15H26N2O4/c1-9(2)14(20)16-12-5-11(6-13(18)19)7-17(8-12)15(21)10(3)4/h9-12H,5-8H2,1-4H3,(H,16,20)(H,18,19). The summed E-state index contributed by atoms with van der Waals surface area (Å²) in [6.45, 7) is 8.19. The number of amides is 2. The summed E-state index contributed by atoms with van der Waals surface area (Å²) in [5, 5.41) is 11.9. The first-order chi connectivity index (χ1) is 9.70. The normalized spacial score (nSPS) is 22.5. The van der Waals surface area contributed by atoms with Gasteiger partial charge in [0.2, 0.25) is 11.8 Å². The third-order valence-electron chi connectivity index (χ3n) is 3.68. The Morgan fingerprint density at radius 1 is 1.14 bits per heavy atom. The molecule has 0 spiro atoms. The number of carboxylic acid groups (broad SMARTS) is 1. The first-order valence-electron chi connectivity index (χ1n) is 7.51. The molecule has 0 aromatic rings. The highest BCUT2D eigenvalue weighted by Gasteiger charge is 2.32. The van der Waals surface area contributed by atoms with E-state index in [1.54, 1.807) is 4.90 Å². The number of rotatable bonds is 5. The van der Waals surface area contributed by atoms with Gasteiger partial charge in [0.1, 0.15) is 0 Å². The van der Waals surface area contributed by atoms with Gasteiger partial charge >= 0.3 is 5.97 Å². The summed E-state index contributed by atoms with van der Waals surface area (Å²) in [6, 6.07) is -0.166. The lowest BCUT2D eigenvalue weighted by Crippen LogP contribution is -2.54. The summed E-state index contributed by atoms with van der Waals surface area (Å²) in [7, 11) is 0. The van der Waals surface area contributed by atoms with Crippen molar-refractivity contribution in [2.24, 2.45) is 17.8 Å². The molecule has 0 aromatic carbocycles. The smallest absolute Gasteiger partial charge is 0.303 e. The summed E-state index contributed by atoms with van der Waals surface area (Å²) in [6.07, 6.45) is 0.628. The largest absolute Gasteiger partial charge is 0.481 e.